The van der Waals surface area contributed by atoms with Crippen LogP contribution in [0.2, 0.25) is 5.02 Å². The Balaban J connectivity index is 1.35. The van der Waals surface area contributed by atoms with E-state index in [9.17, 15) is 4.79 Å². The molecular formula is C32H31ClN4O3S. The molecule has 0 saturated carbocycles. The van der Waals surface area contributed by atoms with Crippen molar-refractivity contribution < 1.29 is 13.9 Å². The van der Waals surface area contributed by atoms with Gasteiger partial charge in [-0.05, 0) is 85.6 Å². The van der Waals surface area contributed by atoms with Crippen molar-refractivity contribution >= 4 is 46.3 Å². The zero-order valence-corrected chi connectivity index (χ0v) is 24.5. The summed E-state index contributed by atoms with van der Waals surface area (Å²) in [5.74, 6) is 1.77. The van der Waals surface area contributed by atoms with Crippen molar-refractivity contribution in [3.8, 4) is 11.3 Å². The fourth-order valence-electron chi connectivity index (χ4n) is 5.63. The first-order valence-electron chi connectivity index (χ1n) is 13.8. The van der Waals surface area contributed by atoms with E-state index in [0.717, 1.165) is 60.2 Å². The lowest BCUT2D eigenvalue weighted by atomic mass is 9.98. The lowest BCUT2D eigenvalue weighted by Crippen LogP contribution is -2.33. The summed E-state index contributed by atoms with van der Waals surface area (Å²) in [4.78, 5) is 20.9. The number of halogens is 1. The van der Waals surface area contributed by atoms with Crippen molar-refractivity contribution in [1.82, 2.24) is 10.3 Å². The van der Waals surface area contributed by atoms with Gasteiger partial charge in [0.1, 0.15) is 17.6 Å². The van der Waals surface area contributed by atoms with Gasteiger partial charge in [0, 0.05) is 30.5 Å². The molecule has 4 heterocycles. The summed E-state index contributed by atoms with van der Waals surface area (Å²) in [6, 6.07) is 22.5. The van der Waals surface area contributed by atoms with Gasteiger partial charge in [0.25, 0.3) is 0 Å². The second-order valence-electron chi connectivity index (χ2n) is 10.6. The highest BCUT2D eigenvalue weighted by Gasteiger charge is 2.43. The van der Waals surface area contributed by atoms with Gasteiger partial charge in [0.2, 0.25) is 0 Å². The predicted molar refractivity (Wildman–Crippen MR) is 165 cm³/mol. The first-order chi connectivity index (χ1) is 19.9. The van der Waals surface area contributed by atoms with Gasteiger partial charge in [-0.3, -0.25) is 4.98 Å². The Bertz CT molecular complexity index is 1550. The summed E-state index contributed by atoms with van der Waals surface area (Å²) < 4.78 is 11.3. The van der Waals surface area contributed by atoms with Gasteiger partial charge in [0.15, 0.2) is 5.11 Å². The van der Waals surface area contributed by atoms with E-state index >= 15 is 0 Å². The van der Waals surface area contributed by atoms with Crippen LogP contribution in [0.4, 0.5) is 11.4 Å². The van der Waals surface area contributed by atoms with Crippen LogP contribution in [0.25, 0.3) is 11.3 Å². The van der Waals surface area contributed by atoms with E-state index in [2.05, 4.69) is 39.2 Å². The number of rotatable bonds is 6. The summed E-state index contributed by atoms with van der Waals surface area (Å²) in [5, 5.41) is 4.75. The molecule has 0 radical (unpaired) electrons. The van der Waals surface area contributed by atoms with Gasteiger partial charge in [-0.2, -0.15) is 0 Å². The number of esters is 1. The quantitative estimate of drug-likeness (QED) is 0.188. The molecule has 0 spiro atoms. The Morgan fingerprint density at radius 3 is 2.54 bits per heavy atom. The molecule has 41 heavy (non-hydrogen) atoms. The fraction of sp³-hybridized carbons (Fsp3) is 0.281. The minimum absolute atomic E-state index is 0.244. The van der Waals surface area contributed by atoms with E-state index in [-0.39, 0.29) is 18.1 Å². The third-order valence-electron chi connectivity index (χ3n) is 7.94. The summed E-state index contributed by atoms with van der Waals surface area (Å²) in [6.45, 7) is 4.31. The van der Waals surface area contributed by atoms with Gasteiger partial charge in [-0.1, -0.05) is 36.7 Å². The SMILES string of the molecule is COC(=O)c1ccc(-c2ccc(C3C(c4ccccn4)NC(=S)N3c3ccc(N4CCC(C)CC4)c(Cl)c3)o2)cc1. The Hall–Kier alpha value is -3.88. The zero-order chi connectivity index (χ0) is 28.5. The molecule has 0 aliphatic carbocycles. The lowest BCUT2D eigenvalue weighted by molar-refractivity contribution is 0.0600. The van der Waals surface area contributed by atoms with Crippen LogP contribution in [0.15, 0.2) is 83.4 Å². The van der Waals surface area contributed by atoms with E-state index in [1.54, 1.807) is 18.3 Å². The number of nitrogens with one attached hydrogen (secondary N) is 1. The Morgan fingerprint density at radius 2 is 1.85 bits per heavy atom. The Kier molecular flexibility index (Phi) is 7.69. The maximum Gasteiger partial charge on any atom is 0.337 e. The molecule has 2 aromatic carbocycles. The zero-order valence-electron chi connectivity index (χ0n) is 22.9. The number of aromatic nitrogens is 1. The van der Waals surface area contributed by atoms with Crippen molar-refractivity contribution in [2.75, 3.05) is 30.0 Å². The Labute approximate surface area is 250 Å². The average molecular weight is 587 g/mol. The van der Waals surface area contributed by atoms with Crippen molar-refractivity contribution in [2.24, 2.45) is 5.92 Å². The van der Waals surface area contributed by atoms with Gasteiger partial charge >= 0.3 is 5.97 Å². The molecule has 0 bridgehead atoms. The van der Waals surface area contributed by atoms with Gasteiger partial charge < -0.3 is 24.3 Å². The number of anilines is 2. The van der Waals surface area contributed by atoms with Crippen molar-refractivity contribution in [3.05, 3.63) is 101 Å². The van der Waals surface area contributed by atoms with Gasteiger partial charge in [0.05, 0.1) is 35.1 Å². The number of furan rings is 1. The van der Waals surface area contributed by atoms with Gasteiger partial charge in [-0.15, -0.1) is 0 Å². The third kappa shape index (κ3) is 5.42. The van der Waals surface area contributed by atoms with Crippen molar-refractivity contribution in [2.45, 2.75) is 31.8 Å². The molecule has 1 N–H and O–H groups in total. The molecule has 4 aromatic rings. The molecule has 6 rings (SSSR count). The number of benzene rings is 2. The van der Waals surface area contributed by atoms with Crippen LogP contribution in [-0.2, 0) is 4.74 Å². The molecule has 2 atom stereocenters. The highest BCUT2D eigenvalue weighted by atomic mass is 35.5. The van der Waals surface area contributed by atoms with Crippen molar-refractivity contribution in [1.29, 1.82) is 0 Å². The molecule has 2 aromatic heterocycles. The minimum Gasteiger partial charge on any atom is -0.465 e. The Morgan fingerprint density at radius 1 is 1.07 bits per heavy atom. The lowest BCUT2D eigenvalue weighted by Gasteiger charge is -2.33. The van der Waals surface area contributed by atoms with Crippen LogP contribution in [0.1, 0.15) is 53.7 Å². The number of hydrogen-bond donors (Lipinski definition) is 1. The summed E-state index contributed by atoms with van der Waals surface area (Å²) in [5.41, 5.74) is 4.11. The van der Waals surface area contributed by atoms with Crippen LogP contribution in [0.5, 0.6) is 0 Å². The number of piperidine rings is 1. The van der Waals surface area contributed by atoms with Crippen LogP contribution in [0, 0.1) is 5.92 Å². The molecule has 9 heteroatoms. The maximum absolute atomic E-state index is 11.9. The van der Waals surface area contributed by atoms with Crippen LogP contribution >= 0.6 is 23.8 Å². The number of carbonyl (C=O) groups excluding carboxylic acids is 1. The van der Waals surface area contributed by atoms with Crippen molar-refractivity contribution in [3.63, 3.8) is 0 Å². The van der Waals surface area contributed by atoms with Crippen LogP contribution in [-0.4, -0.2) is 36.3 Å². The normalized spacial score (nSPS) is 19.3. The first-order valence-corrected chi connectivity index (χ1v) is 14.5. The number of nitrogens with zero attached hydrogens (tertiary/aromatic N) is 3. The highest BCUT2D eigenvalue weighted by molar-refractivity contribution is 7.80. The van der Waals surface area contributed by atoms with E-state index < -0.39 is 0 Å². The smallest absolute Gasteiger partial charge is 0.337 e. The number of carbonyl (C=O) groups is 1. The minimum atomic E-state index is -0.379. The monoisotopic (exact) mass is 586 g/mol. The molecule has 2 saturated heterocycles. The summed E-state index contributed by atoms with van der Waals surface area (Å²) >= 11 is 12.8. The maximum atomic E-state index is 11.9. The summed E-state index contributed by atoms with van der Waals surface area (Å²) in [7, 11) is 1.37. The topological polar surface area (TPSA) is 70.8 Å². The van der Waals surface area contributed by atoms with E-state index in [0.29, 0.717) is 21.5 Å². The largest absolute Gasteiger partial charge is 0.465 e. The second kappa shape index (κ2) is 11.5. The number of thiocarbonyl (C=S) groups is 1. The van der Waals surface area contributed by atoms with Crippen LogP contribution < -0.4 is 15.1 Å². The average Bonchev–Trinajstić information content (AvgIpc) is 3.62. The molecule has 2 fully saturated rings. The molecule has 0 amide bonds. The van der Waals surface area contributed by atoms with Crippen LogP contribution in [0.3, 0.4) is 0 Å². The first kappa shape index (κ1) is 27.3. The van der Waals surface area contributed by atoms with E-state index in [4.69, 9.17) is 33.0 Å². The van der Waals surface area contributed by atoms with E-state index in [1.807, 2.05) is 48.5 Å². The number of pyridine rings is 1. The molecule has 210 valence electrons. The summed E-state index contributed by atoms with van der Waals surface area (Å²) in [6.07, 6.45) is 4.11. The number of methoxy groups -OCH3 is 1. The molecular weight excluding hydrogens is 556 g/mol. The van der Waals surface area contributed by atoms with E-state index in [1.165, 1.54) is 7.11 Å². The third-order valence-corrected chi connectivity index (χ3v) is 8.56. The molecule has 7 nitrogen and oxygen atoms in total. The molecule has 2 aliphatic heterocycles. The predicted octanol–water partition coefficient (Wildman–Crippen LogP) is 7.20. The second-order valence-corrected chi connectivity index (χ2v) is 11.4. The standard InChI is InChI=1S/C32H31ClN4O3S/c1-20-14-17-36(18-15-20)26-11-10-23(19-24(26)33)37-30(29(35-32(37)41)25-5-3-4-16-34-25)28-13-12-27(40-28)21-6-8-22(9-7-21)31(38)39-2/h3-13,16,19-20,29-30H,14-15,17-18H2,1-2H3,(H,35,41). The fourth-order valence-corrected chi connectivity index (χ4v) is 6.27. The number of hydrogen-bond acceptors (Lipinski definition) is 6. The molecule has 2 aliphatic rings. The number of ether oxygens (including phenoxy) is 1. The van der Waals surface area contributed by atoms with Gasteiger partial charge in [-0.25, -0.2) is 4.79 Å². The highest BCUT2D eigenvalue weighted by Crippen LogP contribution is 2.44. The molecule has 2 unspecified atom stereocenters.